The number of hydrogen-bond acceptors (Lipinski definition) is 7. The van der Waals surface area contributed by atoms with Crippen LogP contribution in [0.4, 0.5) is 0 Å². The number of carbonyl (C=O) groups excluding carboxylic acids is 2. The quantitative estimate of drug-likeness (QED) is 0.240. The van der Waals surface area contributed by atoms with Crippen LogP contribution in [-0.2, 0) is 4.79 Å². The lowest BCUT2D eigenvalue weighted by Gasteiger charge is -2.10. The highest BCUT2D eigenvalue weighted by molar-refractivity contribution is 6.32. The molecule has 36 heavy (non-hydrogen) atoms. The number of nitrogens with zero attached hydrogens (tertiary/aromatic N) is 1. The highest BCUT2D eigenvalue weighted by Gasteiger charge is 2.17. The Morgan fingerprint density at radius 2 is 1.86 bits per heavy atom. The molecule has 10 heteroatoms. The summed E-state index contributed by atoms with van der Waals surface area (Å²) in [6.45, 7) is 2.21. The summed E-state index contributed by atoms with van der Waals surface area (Å²) in [6, 6.07) is 16.6. The SMILES string of the molecule is CCOc1cc(C=NNC(=O)C(=Cc2ccc3c(c2)OCO3)NC(=O)c2ccccc2)cc(Cl)c1O. The van der Waals surface area contributed by atoms with Crippen LogP contribution >= 0.6 is 11.6 Å². The number of carbonyl (C=O) groups is 2. The molecule has 0 unspecified atom stereocenters. The molecule has 0 atom stereocenters. The maximum absolute atomic E-state index is 13.0. The smallest absolute Gasteiger partial charge is 0.287 e. The van der Waals surface area contributed by atoms with Gasteiger partial charge in [0.15, 0.2) is 23.0 Å². The summed E-state index contributed by atoms with van der Waals surface area (Å²) in [4.78, 5) is 25.7. The maximum Gasteiger partial charge on any atom is 0.287 e. The second-order valence-corrected chi connectivity index (χ2v) is 7.88. The molecule has 184 valence electrons. The van der Waals surface area contributed by atoms with Gasteiger partial charge in [-0.3, -0.25) is 9.59 Å². The Balaban J connectivity index is 1.56. The Bertz CT molecular complexity index is 1340. The molecule has 4 rings (SSSR count). The molecule has 3 aromatic carbocycles. The lowest BCUT2D eigenvalue weighted by atomic mass is 10.1. The van der Waals surface area contributed by atoms with Crippen molar-refractivity contribution < 1.29 is 28.9 Å². The fraction of sp³-hybridized carbons (Fsp3) is 0.115. The van der Waals surface area contributed by atoms with Crippen LogP contribution in [0.1, 0.15) is 28.4 Å². The van der Waals surface area contributed by atoms with Crippen molar-refractivity contribution in [3.63, 3.8) is 0 Å². The Morgan fingerprint density at radius 3 is 2.64 bits per heavy atom. The first-order valence-electron chi connectivity index (χ1n) is 10.9. The van der Waals surface area contributed by atoms with E-state index in [1.165, 1.54) is 24.4 Å². The highest BCUT2D eigenvalue weighted by atomic mass is 35.5. The number of fused-ring (bicyclic) bond motifs is 1. The van der Waals surface area contributed by atoms with E-state index in [2.05, 4.69) is 15.8 Å². The van der Waals surface area contributed by atoms with Crippen LogP contribution in [0.2, 0.25) is 5.02 Å². The minimum absolute atomic E-state index is 0.0430. The number of aromatic hydroxyl groups is 1. The second kappa shape index (κ2) is 11.3. The molecule has 0 aromatic heterocycles. The van der Waals surface area contributed by atoms with E-state index in [-0.39, 0.29) is 29.0 Å². The summed E-state index contributed by atoms with van der Waals surface area (Å²) < 4.78 is 16.1. The van der Waals surface area contributed by atoms with Gasteiger partial charge < -0.3 is 24.6 Å². The third-order valence-electron chi connectivity index (χ3n) is 4.97. The van der Waals surface area contributed by atoms with Crippen LogP contribution in [-0.4, -0.2) is 36.5 Å². The number of ether oxygens (including phenoxy) is 3. The van der Waals surface area contributed by atoms with Gasteiger partial charge in [-0.1, -0.05) is 35.9 Å². The average molecular weight is 508 g/mol. The van der Waals surface area contributed by atoms with Crippen molar-refractivity contribution in [2.75, 3.05) is 13.4 Å². The van der Waals surface area contributed by atoms with Gasteiger partial charge in [0.05, 0.1) is 17.8 Å². The van der Waals surface area contributed by atoms with E-state index < -0.39 is 11.8 Å². The zero-order valence-corrected chi connectivity index (χ0v) is 19.9. The Morgan fingerprint density at radius 1 is 1.08 bits per heavy atom. The molecule has 0 saturated heterocycles. The van der Waals surface area contributed by atoms with Gasteiger partial charge in [-0.15, -0.1) is 0 Å². The van der Waals surface area contributed by atoms with E-state index >= 15 is 0 Å². The first-order chi connectivity index (χ1) is 17.4. The molecular formula is C26H22ClN3O6. The molecule has 0 fully saturated rings. The van der Waals surface area contributed by atoms with Crippen molar-refractivity contribution >= 4 is 35.7 Å². The van der Waals surface area contributed by atoms with E-state index in [0.29, 0.717) is 34.8 Å². The predicted octanol–water partition coefficient (Wildman–Crippen LogP) is 4.09. The number of phenolic OH excluding ortho intramolecular Hbond substituents is 1. The number of amides is 2. The summed E-state index contributed by atoms with van der Waals surface area (Å²) in [7, 11) is 0. The molecule has 1 heterocycles. The van der Waals surface area contributed by atoms with Crippen molar-refractivity contribution in [3.8, 4) is 23.0 Å². The molecule has 0 aliphatic carbocycles. The number of halogens is 1. The normalized spacial score (nSPS) is 12.4. The van der Waals surface area contributed by atoms with E-state index in [9.17, 15) is 14.7 Å². The first-order valence-corrected chi connectivity index (χ1v) is 11.3. The molecule has 3 N–H and O–H groups in total. The van der Waals surface area contributed by atoms with E-state index in [1.807, 2.05) is 0 Å². The molecular weight excluding hydrogens is 486 g/mol. The average Bonchev–Trinajstić information content (AvgIpc) is 3.35. The van der Waals surface area contributed by atoms with Gasteiger partial charge in [-0.05, 0) is 60.5 Å². The van der Waals surface area contributed by atoms with E-state index in [0.717, 1.165) is 0 Å². The van der Waals surface area contributed by atoms with Gasteiger partial charge in [0.25, 0.3) is 11.8 Å². The standard InChI is InChI=1S/C26H22ClN3O6/c1-2-34-23-13-17(10-19(27)24(23)31)14-28-30-26(33)20(29-25(32)18-6-4-3-5-7-18)11-16-8-9-21-22(12-16)36-15-35-21/h3-14,31H,2,15H2,1H3,(H,29,32)(H,30,33). The zero-order valence-electron chi connectivity index (χ0n) is 19.2. The Labute approximate surface area is 211 Å². The Kier molecular flexibility index (Phi) is 7.72. The van der Waals surface area contributed by atoms with Crippen LogP contribution in [0.5, 0.6) is 23.0 Å². The molecule has 1 aliphatic heterocycles. The van der Waals surface area contributed by atoms with Crippen molar-refractivity contribution in [1.29, 1.82) is 0 Å². The number of nitrogens with one attached hydrogen (secondary N) is 2. The van der Waals surface area contributed by atoms with Crippen molar-refractivity contribution in [1.82, 2.24) is 10.7 Å². The number of hydrazone groups is 1. The fourth-order valence-electron chi connectivity index (χ4n) is 3.27. The van der Waals surface area contributed by atoms with E-state index in [4.69, 9.17) is 25.8 Å². The third kappa shape index (κ3) is 5.94. The van der Waals surface area contributed by atoms with Gasteiger partial charge in [0.1, 0.15) is 5.70 Å². The van der Waals surface area contributed by atoms with Gasteiger partial charge >= 0.3 is 0 Å². The summed E-state index contributed by atoms with van der Waals surface area (Å²) in [5, 5.41) is 16.6. The van der Waals surface area contributed by atoms with Gasteiger partial charge in [-0.25, -0.2) is 5.43 Å². The first kappa shape index (κ1) is 24.6. The molecule has 0 saturated carbocycles. The van der Waals surface area contributed by atoms with Crippen molar-refractivity contribution in [2.24, 2.45) is 5.10 Å². The summed E-state index contributed by atoms with van der Waals surface area (Å²) in [5.74, 6) is 0.00495. The maximum atomic E-state index is 13.0. The number of phenols is 1. The zero-order chi connectivity index (χ0) is 25.5. The predicted molar refractivity (Wildman–Crippen MR) is 134 cm³/mol. The van der Waals surface area contributed by atoms with Crippen molar-refractivity contribution in [3.05, 3.63) is 88.1 Å². The fourth-order valence-corrected chi connectivity index (χ4v) is 3.49. The largest absolute Gasteiger partial charge is 0.503 e. The lowest BCUT2D eigenvalue weighted by molar-refractivity contribution is -0.117. The van der Waals surface area contributed by atoms with E-state index in [1.54, 1.807) is 55.5 Å². The number of rotatable bonds is 8. The summed E-state index contributed by atoms with van der Waals surface area (Å²) in [5.41, 5.74) is 3.82. The summed E-state index contributed by atoms with van der Waals surface area (Å²) >= 11 is 6.04. The van der Waals surface area contributed by atoms with Crippen LogP contribution < -0.4 is 25.0 Å². The van der Waals surface area contributed by atoms with Crippen molar-refractivity contribution in [2.45, 2.75) is 6.92 Å². The highest BCUT2D eigenvalue weighted by Crippen LogP contribution is 2.35. The van der Waals surface area contributed by atoms with Gasteiger partial charge in [-0.2, -0.15) is 5.10 Å². The van der Waals surface area contributed by atoms with Gasteiger partial charge in [0.2, 0.25) is 6.79 Å². The monoisotopic (exact) mass is 507 g/mol. The molecule has 0 radical (unpaired) electrons. The van der Waals surface area contributed by atoms with Crippen LogP contribution in [0, 0.1) is 0 Å². The van der Waals surface area contributed by atoms with Crippen LogP contribution in [0.25, 0.3) is 6.08 Å². The van der Waals surface area contributed by atoms with Gasteiger partial charge in [0, 0.05) is 5.56 Å². The molecule has 9 nitrogen and oxygen atoms in total. The minimum atomic E-state index is -0.664. The molecule has 0 spiro atoms. The molecule has 2 amide bonds. The number of hydrogen-bond donors (Lipinski definition) is 3. The second-order valence-electron chi connectivity index (χ2n) is 7.47. The molecule has 3 aromatic rings. The molecule has 1 aliphatic rings. The molecule has 0 bridgehead atoms. The summed E-state index contributed by atoms with van der Waals surface area (Å²) in [6.07, 6.45) is 2.83. The van der Waals surface area contributed by atoms with Crippen LogP contribution in [0.15, 0.2) is 71.5 Å². The number of benzene rings is 3. The minimum Gasteiger partial charge on any atom is -0.503 e. The Hall–Kier alpha value is -4.50. The lowest BCUT2D eigenvalue weighted by Crippen LogP contribution is -2.32. The third-order valence-corrected chi connectivity index (χ3v) is 5.25. The van der Waals surface area contributed by atoms with Crippen LogP contribution in [0.3, 0.4) is 0 Å². The topological polar surface area (TPSA) is 118 Å².